The van der Waals surface area contributed by atoms with Crippen LogP contribution in [0.4, 0.5) is 0 Å². The summed E-state index contributed by atoms with van der Waals surface area (Å²) in [6.07, 6.45) is 4.54. The van der Waals surface area contributed by atoms with E-state index >= 15 is 0 Å². The number of aliphatic hydroxyl groups excluding tert-OH is 1. The molecule has 0 unspecified atom stereocenters. The van der Waals surface area contributed by atoms with Crippen molar-refractivity contribution in [3.63, 3.8) is 0 Å². The molecule has 0 aliphatic carbocycles. The number of allylic oxidation sites excluding steroid dienone is 3. The van der Waals surface area contributed by atoms with E-state index < -0.39 is 0 Å². The molecule has 18 heavy (non-hydrogen) atoms. The normalized spacial score (nSPS) is 12.1. The maximum absolute atomic E-state index is 9.13. The van der Waals surface area contributed by atoms with Gasteiger partial charge in [-0.1, -0.05) is 36.4 Å². The number of hydrogen-bond donors (Lipinski definition) is 1. The van der Waals surface area contributed by atoms with Crippen molar-refractivity contribution in [2.75, 3.05) is 13.7 Å². The average Bonchev–Trinajstić information content (AvgIpc) is 2.34. The van der Waals surface area contributed by atoms with E-state index in [4.69, 9.17) is 5.11 Å². The van der Waals surface area contributed by atoms with E-state index in [0.717, 1.165) is 22.4 Å². The van der Waals surface area contributed by atoms with Gasteiger partial charge in [0.25, 0.3) is 0 Å². The second kappa shape index (κ2) is 6.92. The molecule has 2 nitrogen and oxygen atoms in total. The zero-order chi connectivity index (χ0) is 13.5. The van der Waals surface area contributed by atoms with Crippen molar-refractivity contribution in [3.8, 4) is 0 Å². The lowest BCUT2D eigenvalue weighted by atomic mass is 9.94. The van der Waals surface area contributed by atoms with Crippen LogP contribution in [0.25, 0.3) is 0 Å². The van der Waals surface area contributed by atoms with Gasteiger partial charge in [-0.15, -0.1) is 0 Å². The van der Waals surface area contributed by atoms with Crippen LogP contribution in [0.5, 0.6) is 0 Å². The summed E-state index contributed by atoms with van der Waals surface area (Å²) >= 11 is 0. The van der Waals surface area contributed by atoms with E-state index in [2.05, 4.69) is 36.7 Å². The second-order valence-electron chi connectivity index (χ2n) is 4.23. The molecule has 0 aliphatic rings. The summed E-state index contributed by atoms with van der Waals surface area (Å²) in [7, 11) is 1.77. The van der Waals surface area contributed by atoms with Gasteiger partial charge >= 0.3 is 0 Å². The molecule has 0 saturated heterocycles. The number of benzene rings is 1. The van der Waals surface area contributed by atoms with Crippen LogP contribution in [0.2, 0.25) is 0 Å². The first-order valence-corrected chi connectivity index (χ1v) is 6.13. The fraction of sp³-hybridized carbons (Fsp3) is 0.312. The molecule has 0 aliphatic heterocycles. The van der Waals surface area contributed by atoms with Crippen LogP contribution in [-0.2, 0) is 6.42 Å². The zero-order valence-electron chi connectivity index (χ0n) is 11.4. The lowest BCUT2D eigenvalue weighted by Gasteiger charge is -2.12. The van der Waals surface area contributed by atoms with Crippen molar-refractivity contribution < 1.29 is 5.11 Å². The lowest BCUT2D eigenvalue weighted by molar-refractivity contribution is 0.299. The van der Waals surface area contributed by atoms with Crippen molar-refractivity contribution >= 4 is 5.71 Å². The maximum atomic E-state index is 9.13. The molecular weight excluding hydrogens is 222 g/mol. The summed E-state index contributed by atoms with van der Waals surface area (Å²) in [5, 5.41) is 9.13. The number of aliphatic hydroxyl groups is 1. The van der Waals surface area contributed by atoms with E-state index in [-0.39, 0.29) is 6.61 Å². The molecule has 96 valence electrons. The number of aliphatic imine (C=N–C) groups is 1. The smallest absolute Gasteiger partial charge is 0.0712 e. The molecule has 1 aromatic carbocycles. The van der Waals surface area contributed by atoms with Gasteiger partial charge in [0, 0.05) is 19.2 Å². The highest BCUT2D eigenvalue weighted by Crippen LogP contribution is 2.17. The van der Waals surface area contributed by atoms with Crippen LogP contribution in [0.15, 0.2) is 47.5 Å². The summed E-state index contributed by atoms with van der Waals surface area (Å²) in [6, 6.07) is 6.21. The van der Waals surface area contributed by atoms with Crippen LogP contribution >= 0.6 is 0 Å². The summed E-state index contributed by atoms with van der Waals surface area (Å²) in [4.78, 5) is 4.35. The highest BCUT2D eigenvalue weighted by Gasteiger charge is 2.10. The highest BCUT2D eigenvalue weighted by atomic mass is 16.2. The molecule has 0 atom stereocenters. The Kier molecular flexibility index (Phi) is 5.53. The molecule has 0 spiro atoms. The van der Waals surface area contributed by atoms with Gasteiger partial charge < -0.3 is 5.11 Å². The first-order chi connectivity index (χ1) is 8.63. The van der Waals surface area contributed by atoms with Crippen LogP contribution in [0.1, 0.15) is 23.6 Å². The van der Waals surface area contributed by atoms with Gasteiger partial charge in [-0.2, -0.15) is 0 Å². The SMILES string of the molecule is C=C(/C=C\C)/C(=N/C)c1cc(C)ccc1CCO. The Morgan fingerprint density at radius 1 is 1.44 bits per heavy atom. The largest absolute Gasteiger partial charge is 0.396 e. The number of nitrogens with zero attached hydrogens (tertiary/aromatic N) is 1. The second-order valence-corrected chi connectivity index (χ2v) is 4.23. The lowest BCUT2D eigenvalue weighted by Crippen LogP contribution is -2.08. The minimum absolute atomic E-state index is 0.142. The third kappa shape index (κ3) is 3.41. The molecule has 0 heterocycles. The third-order valence-corrected chi connectivity index (χ3v) is 2.80. The molecule has 1 N–H and O–H groups in total. The minimum Gasteiger partial charge on any atom is -0.396 e. The molecule has 1 rings (SSSR count). The van der Waals surface area contributed by atoms with E-state index in [1.807, 2.05) is 19.1 Å². The first kappa shape index (κ1) is 14.4. The summed E-state index contributed by atoms with van der Waals surface area (Å²) < 4.78 is 0. The molecule has 0 radical (unpaired) electrons. The van der Waals surface area contributed by atoms with Crippen molar-refractivity contribution in [2.24, 2.45) is 4.99 Å². The Bertz CT molecular complexity index is 484. The Hall–Kier alpha value is -1.67. The van der Waals surface area contributed by atoms with E-state index in [1.54, 1.807) is 7.05 Å². The minimum atomic E-state index is 0.142. The van der Waals surface area contributed by atoms with Crippen LogP contribution < -0.4 is 0 Å². The molecule has 0 aromatic heterocycles. The summed E-state index contributed by atoms with van der Waals surface area (Å²) in [6.45, 7) is 8.20. The maximum Gasteiger partial charge on any atom is 0.0712 e. The Balaban J connectivity index is 3.27. The molecular formula is C16H21NO. The highest BCUT2D eigenvalue weighted by molar-refractivity contribution is 6.14. The Morgan fingerprint density at radius 3 is 2.72 bits per heavy atom. The van der Waals surface area contributed by atoms with Crippen LogP contribution in [0.3, 0.4) is 0 Å². The van der Waals surface area contributed by atoms with Crippen LogP contribution in [0, 0.1) is 6.92 Å². The van der Waals surface area contributed by atoms with E-state index in [0.29, 0.717) is 6.42 Å². The number of hydrogen-bond acceptors (Lipinski definition) is 2. The van der Waals surface area contributed by atoms with Crippen LogP contribution in [-0.4, -0.2) is 24.5 Å². The molecule has 0 amide bonds. The standard InChI is InChI=1S/C16H21NO/c1-5-6-13(3)16(17-4)15-11-12(2)7-8-14(15)9-10-18/h5-8,11,18H,3,9-10H2,1-2,4H3/b6-5-,17-16-. The quantitative estimate of drug-likeness (QED) is 0.625. The van der Waals surface area contributed by atoms with Crippen molar-refractivity contribution in [3.05, 3.63) is 59.2 Å². The Labute approximate surface area is 109 Å². The molecule has 2 heteroatoms. The fourth-order valence-corrected chi connectivity index (χ4v) is 1.97. The molecule has 0 fully saturated rings. The predicted molar refractivity (Wildman–Crippen MR) is 78.4 cm³/mol. The zero-order valence-corrected chi connectivity index (χ0v) is 11.4. The van der Waals surface area contributed by atoms with Crippen molar-refractivity contribution in [1.82, 2.24) is 0 Å². The number of rotatable bonds is 5. The van der Waals surface area contributed by atoms with Gasteiger partial charge in [0.2, 0.25) is 0 Å². The summed E-state index contributed by atoms with van der Waals surface area (Å²) in [5.41, 5.74) is 5.13. The monoisotopic (exact) mass is 243 g/mol. The van der Waals surface area contributed by atoms with Gasteiger partial charge in [0.05, 0.1) is 5.71 Å². The van der Waals surface area contributed by atoms with Gasteiger partial charge in [0.15, 0.2) is 0 Å². The molecule has 0 saturated carbocycles. The van der Waals surface area contributed by atoms with Crippen molar-refractivity contribution in [2.45, 2.75) is 20.3 Å². The van der Waals surface area contributed by atoms with Crippen molar-refractivity contribution in [1.29, 1.82) is 0 Å². The van der Waals surface area contributed by atoms with E-state index in [9.17, 15) is 0 Å². The van der Waals surface area contributed by atoms with Gasteiger partial charge in [-0.25, -0.2) is 0 Å². The Morgan fingerprint density at radius 2 is 2.17 bits per heavy atom. The summed E-state index contributed by atoms with van der Waals surface area (Å²) in [5.74, 6) is 0. The average molecular weight is 243 g/mol. The van der Waals surface area contributed by atoms with E-state index in [1.165, 1.54) is 5.56 Å². The predicted octanol–water partition coefficient (Wildman–Crippen LogP) is 3.08. The fourth-order valence-electron chi connectivity index (χ4n) is 1.97. The molecule has 1 aromatic rings. The number of aryl methyl sites for hydroxylation is 1. The van der Waals surface area contributed by atoms with Gasteiger partial charge in [-0.3, -0.25) is 4.99 Å². The first-order valence-electron chi connectivity index (χ1n) is 6.13. The topological polar surface area (TPSA) is 32.6 Å². The van der Waals surface area contributed by atoms with Gasteiger partial charge in [0.1, 0.15) is 0 Å². The van der Waals surface area contributed by atoms with Gasteiger partial charge in [-0.05, 0) is 37.5 Å². The molecule has 0 bridgehead atoms. The third-order valence-electron chi connectivity index (χ3n) is 2.80.